The molecule has 0 amide bonds. The fraction of sp³-hybridized carbons (Fsp3) is 0.350. The molecule has 0 spiro atoms. The van der Waals surface area contributed by atoms with Crippen LogP contribution in [-0.2, 0) is 0 Å². The number of hydrogen-bond donors (Lipinski definition) is 2. The predicted molar refractivity (Wildman–Crippen MR) is 109 cm³/mol. The van der Waals surface area contributed by atoms with Gasteiger partial charge in [-0.1, -0.05) is 0 Å². The normalized spacial score (nSPS) is 17.5. The number of nitrogens with one attached hydrogen (secondary N) is 1. The molecule has 0 aromatic carbocycles. The first-order valence-corrected chi connectivity index (χ1v) is 9.68. The molecule has 1 aliphatic rings. The zero-order chi connectivity index (χ0) is 19.1. The molecule has 0 radical (unpaired) electrons. The van der Waals surface area contributed by atoms with E-state index in [1.54, 1.807) is 6.20 Å². The van der Waals surface area contributed by atoms with E-state index in [-0.39, 0.29) is 6.04 Å². The third-order valence-corrected chi connectivity index (χ3v) is 5.25. The van der Waals surface area contributed by atoms with E-state index < -0.39 is 0 Å². The van der Waals surface area contributed by atoms with E-state index in [0.717, 1.165) is 65.2 Å². The minimum Gasteiger partial charge on any atom is -0.492 e. The summed E-state index contributed by atoms with van der Waals surface area (Å²) < 4.78 is 7.60. The summed E-state index contributed by atoms with van der Waals surface area (Å²) in [6, 6.07) is 6.44. The fourth-order valence-corrected chi connectivity index (χ4v) is 3.96. The van der Waals surface area contributed by atoms with Gasteiger partial charge in [0.1, 0.15) is 11.6 Å². The van der Waals surface area contributed by atoms with E-state index in [1.165, 1.54) is 0 Å². The van der Waals surface area contributed by atoms with Gasteiger partial charge in [0.2, 0.25) is 0 Å². The van der Waals surface area contributed by atoms with Crippen LogP contribution in [0, 0.1) is 0 Å². The van der Waals surface area contributed by atoms with Crippen molar-refractivity contribution in [2.24, 2.45) is 5.73 Å². The van der Waals surface area contributed by atoms with Crippen LogP contribution in [0.25, 0.3) is 27.7 Å². The van der Waals surface area contributed by atoms with Crippen LogP contribution in [0.2, 0.25) is 0 Å². The van der Waals surface area contributed by atoms with Gasteiger partial charge < -0.3 is 15.4 Å². The molecule has 28 heavy (non-hydrogen) atoms. The van der Waals surface area contributed by atoms with Crippen molar-refractivity contribution in [3.63, 3.8) is 0 Å². The Balaban J connectivity index is 1.59. The van der Waals surface area contributed by atoms with E-state index >= 15 is 0 Å². The van der Waals surface area contributed by atoms with Crippen molar-refractivity contribution in [3.05, 3.63) is 36.8 Å². The number of nitrogens with zero attached hydrogens (tertiary/aromatic N) is 5. The second-order valence-corrected chi connectivity index (χ2v) is 7.20. The Kier molecular flexibility index (Phi) is 4.12. The second kappa shape index (κ2) is 6.79. The first-order chi connectivity index (χ1) is 13.7. The van der Waals surface area contributed by atoms with Crippen molar-refractivity contribution >= 4 is 22.4 Å². The summed E-state index contributed by atoms with van der Waals surface area (Å²) in [7, 11) is 0. The number of pyridine rings is 2. The SMILES string of the molecule is CCOc1cc(-c2ccc(N3CCCC(N)C3)nc2)c2c3cn[nH]c3nn2c1. The molecule has 8 heteroatoms. The van der Waals surface area contributed by atoms with Gasteiger partial charge in [0.05, 0.1) is 29.9 Å². The summed E-state index contributed by atoms with van der Waals surface area (Å²) in [6.07, 6.45) is 7.81. The van der Waals surface area contributed by atoms with E-state index in [1.807, 2.05) is 29.9 Å². The molecule has 1 unspecified atom stereocenters. The second-order valence-electron chi connectivity index (χ2n) is 7.20. The molecule has 4 aromatic heterocycles. The number of piperidine rings is 1. The molecule has 8 nitrogen and oxygen atoms in total. The first-order valence-electron chi connectivity index (χ1n) is 9.68. The fourth-order valence-electron chi connectivity index (χ4n) is 3.96. The molecule has 1 aliphatic heterocycles. The Labute approximate surface area is 162 Å². The number of rotatable bonds is 4. The van der Waals surface area contributed by atoms with E-state index in [2.05, 4.69) is 32.3 Å². The van der Waals surface area contributed by atoms with Crippen molar-refractivity contribution in [1.82, 2.24) is 24.8 Å². The first kappa shape index (κ1) is 17.0. The molecule has 0 bridgehead atoms. The highest BCUT2D eigenvalue weighted by Gasteiger charge is 2.19. The molecule has 3 N–H and O–H groups in total. The average Bonchev–Trinajstić information content (AvgIpc) is 3.29. The summed E-state index contributed by atoms with van der Waals surface area (Å²) in [6.45, 7) is 4.43. The zero-order valence-electron chi connectivity index (χ0n) is 15.8. The Bertz CT molecular complexity index is 1110. The van der Waals surface area contributed by atoms with Gasteiger partial charge >= 0.3 is 0 Å². The summed E-state index contributed by atoms with van der Waals surface area (Å²) in [5.74, 6) is 1.74. The lowest BCUT2D eigenvalue weighted by Crippen LogP contribution is -2.43. The van der Waals surface area contributed by atoms with E-state index in [0.29, 0.717) is 6.61 Å². The molecule has 0 aliphatic carbocycles. The highest BCUT2D eigenvalue weighted by atomic mass is 16.5. The molecule has 144 valence electrons. The maximum Gasteiger partial charge on any atom is 0.178 e. The summed E-state index contributed by atoms with van der Waals surface area (Å²) in [5.41, 5.74) is 9.89. The quantitative estimate of drug-likeness (QED) is 0.567. The van der Waals surface area contributed by atoms with Gasteiger partial charge in [-0.2, -0.15) is 5.10 Å². The zero-order valence-corrected chi connectivity index (χ0v) is 15.8. The summed E-state index contributed by atoms with van der Waals surface area (Å²) in [4.78, 5) is 6.99. The van der Waals surface area contributed by atoms with Gasteiger partial charge in [-0.25, -0.2) is 9.50 Å². The van der Waals surface area contributed by atoms with Crippen LogP contribution < -0.4 is 15.4 Å². The van der Waals surface area contributed by atoms with Crippen LogP contribution >= 0.6 is 0 Å². The van der Waals surface area contributed by atoms with Gasteiger partial charge in [-0.05, 0) is 38.0 Å². The minimum absolute atomic E-state index is 0.221. The Morgan fingerprint density at radius 2 is 2.25 bits per heavy atom. The van der Waals surface area contributed by atoms with Gasteiger partial charge in [0.25, 0.3) is 0 Å². The van der Waals surface area contributed by atoms with Gasteiger partial charge in [-0.15, -0.1) is 5.10 Å². The number of hydrogen-bond acceptors (Lipinski definition) is 6. The number of ether oxygens (including phenoxy) is 1. The maximum absolute atomic E-state index is 6.12. The molecule has 0 saturated carbocycles. The summed E-state index contributed by atoms with van der Waals surface area (Å²) >= 11 is 0. The lowest BCUT2D eigenvalue weighted by molar-refractivity contribution is 0.338. The van der Waals surface area contributed by atoms with E-state index in [4.69, 9.17) is 15.5 Å². The molecule has 1 saturated heterocycles. The Morgan fingerprint density at radius 1 is 1.32 bits per heavy atom. The van der Waals surface area contributed by atoms with Crippen molar-refractivity contribution in [2.45, 2.75) is 25.8 Å². The topological polar surface area (TPSA) is 97.4 Å². The van der Waals surface area contributed by atoms with Gasteiger partial charge in [0, 0.05) is 36.5 Å². The van der Waals surface area contributed by atoms with Crippen LogP contribution in [0.15, 0.2) is 36.8 Å². The van der Waals surface area contributed by atoms with Crippen molar-refractivity contribution < 1.29 is 4.74 Å². The van der Waals surface area contributed by atoms with Crippen LogP contribution in [0.1, 0.15) is 19.8 Å². The number of fused-ring (bicyclic) bond motifs is 3. The van der Waals surface area contributed by atoms with Crippen molar-refractivity contribution in [1.29, 1.82) is 0 Å². The third kappa shape index (κ3) is 2.86. The smallest absolute Gasteiger partial charge is 0.178 e. The number of H-pyrrole nitrogens is 1. The van der Waals surface area contributed by atoms with Crippen LogP contribution in [0.5, 0.6) is 5.75 Å². The van der Waals surface area contributed by atoms with Crippen LogP contribution in [0.3, 0.4) is 0 Å². The molecule has 5 rings (SSSR count). The highest BCUT2D eigenvalue weighted by molar-refractivity contribution is 6.00. The molecule has 1 fully saturated rings. The standard InChI is InChI=1S/C20H23N7O/c1-2-28-15-8-16(19-17-10-23-24-20(17)25-27(19)12-15)13-5-6-18(22-9-13)26-7-3-4-14(21)11-26/h5-6,8-10,12,14H,2-4,7,11,21H2,1H3,(H,24,25). The van der Waals surface area contributed by atoms with Crippen molar-refractivity contribution in [2.75, 3.05) is 24.6 Å². The Hall–Kier alpha value is -3.13. The van der Waals surface area contributed by atoms with Crippen LogP contribution in [0.4, 0.5) is 5.82 Å². The number of nitrogens with two attached hydrogens (primary N) is 1. The lowest BCUT2D eigenvalue weighted by atomic mass is 10.0. The molecular formula is C20H23N7O. The van der Waals surface area contributed by atoms with Crippen molar-refractivity contribution in [3.8, 4) is 16.9 Å². The summed E-state index contributed by atoms with van der Waals surface area (Å²) in [5, 5.41) is 12.6. The highest BCUT2D eigenvalue weighted by Crippen LogP contribution is 2.33. The molecule has 1 atom stereocenters. The third-order valence-electron chi connectivity index (χ3n) is 5.25. The number of aromatic amines is 1. The van der Waals surface area contributed by atoms with Gasteiger partial charge in [-0.3, -0.25) is 5.10 Å². The largest absolute Gasteiger partial charge is 0.492 e. The molecular weight excluding hydrogens is 354 g/mol. The monoisotopic (exact) mass is 377 g/mol. The number of aromatic nitrogens is 5. The number of anilines is 1. The molecule has 4 aromatic rings. The lowest BCUT2D eigenvalue weighted by Gasteiger charge is -2.31. The van der Waals surface area contributed by atoms with Gasteiger partial charge in [0.15, 0.2) is 5.65 Å². The minimum atomic E-state index is 0.221. The molecule has 5 heterocycles. The van der Waals surface area contributed by atoms with E-state index in [9.17, 15) is 0 Å². The Morgan fingerprint density at radius 3 is 3.04 bits per heavy atom. The van der Waals surface area contributed by atoms with Crippen LogP contribution in [-0.4, -0.2) is 50.5 Å². The predicted octanol–water partition coefficient (Wildman–Crippen LogP) is 2.60. The average molecular weight is 377 g/mol. The maximum atomic E-state index is 6.12.